The molecule has 5 nitrogen and oxygen atoms in total. The van der Waals surface area contributed by atoms with E-state index in [4.69, 9.17) is 10.8 Å². The summed E-state index contributed by atoms with van der Waals surface area (Å²) < 4.78 is 0. The average molecular weight is 236 g/mol. The number of aliphatic imine (C=N–C) groups is 1. The van der Waals surface area contributed by atoms with Gasteiger partial charge in [-0.05, 0) is 18.1 Å². The minimum atomic E-state index is 0.130. The van der Waals surface area contributed by atoms with Gasteiger partial charge in [-0.1, -0.05) is 13.0 Å². The highest BCUT2D eigenvalue weighted by Gasteiger charge is 1.98. The summed E-state index contributed by atoms with van der Waals surface area (Å²) in [6, 6.07) is 5.83. The van der Waals surface area contributed by atoms with E-state index < -0.39 is 0 Å². The summed E-state index contributed by atoms with van der Waals surface area (Å²) in [5.41, 5.74) is 6.70. The number of nitrogens with one attached hydrogen (secondary N) is 1. The predicted octanol–water partition coefficient (Wildman–Crippen LogP) is 0.157. The lowest BCUT2D eigenvalue weighted by Crippen LogP contribution is -2.33. The van der Waals surface area contributed by atoms with Gasteiger partial charge in [0.25, 0.3) is 0 Å². The molecule has 0 aliphatic heterocycles. The maximum atomic E-state index is 8.83. The van der Waals surface area contributed by atoms with Crippen molar-refractivity contribution in [3.8, 4) is 0 Å². The molecule has 94 valence electrons. The number of pyridine rings is 1. The molecule has 1 atom stereocenters. The van der Waals surface area contributed by atoms with Crippen LogP contribution in [-0.2, 0) is 6.42 Å². The standard InChI is InChI=1S/C12H20N4O/c1-10(9-17)8-16-12(13)15-7-5-11-4-2-3-6-14-11/h2-4,6,10,17H,5,7-9H2,1H3,(H3,13,15,16). The van der Waals surface area contributed by atoms with Gasteiger partial charge in [0.2, 0.25) is 0 Å². The van der Waals surface area contributed by atoms with E-state index in [-0.39, 0.29) is 12.5 Å². The molecule has 0 bridgehead atoms. The second kappa shape index (κ2) is 7.62. The number of guanidine groups is 1. The Kier molecular flexibility index (Phi) is 6.03. The zero-order chi connectivity index (χ0) is 12.5. The third-order valence-electron chi connectivity index (χ3n) is 2.30. The van der Waals surface area contributed by atoms with Crippen LogP contribution in [0.25, 0.3) is 0 Å². The van der Waals surface area contributed by atoms with Gasteiger partial charge in [0.15, 0.2) is 5.96 Å². The van der Waals surface area contributed by atoms with Gasteiger partial charge in [0.1, 0.15) is 0 Å². The Bertz CT molecular complexity index is 340. The van der Waals surface area contributed by atoms with Crippen LogP contribution < -0.4 is 11.1 Å². The first-order valence-electron chi connectivity index (χ1n) is 5.77. The van der Waals surface area contributed by atoms with Crippen LogP contribution in [0.4, 0.5) is 0 Å². The van der Waals surface area contributed by atoms with Crippen LogP contribution >= 0.6 is 0 Å². The molecule has 5 heteroatoms. The molecule has 1 unspecified atom stereocenters. The van der Waals surface area contributed by atoms with E-state index in [0.717, 1.165) is 12.1 Å². The highest BCUT2D eigenvalue weighted by Crippen LogP contribution is 1.94. The van der Waals surface area contributed by atoms with Crippen molar-refractivity contribution in [1.29, 1.82) is 0 Å². The molecule has 0 aromatic carbocycles. The van der Waals surface area contributed by atoms with Crippen LogP contribution in [0.5, 0.6) is 0 Å². The zero-order valence-electron chi connectivity index (χ0n) is 10.1. The van der Waals surface area contributed by atoms with Crippen LogP contribution in [0.15, 0.2) is 29.4 Å². The van der Waals surface area contributed by atoms with Crippen molar-refractivity contribution in [2.45, 2.75) is 13.3 Å². The number of aliphatic hydroxyl groups excluding tert-OH is 1. The Morgan fingerprint density at radius 3 is 3.06 bits per heavy atom. The third kappa shape index (κ3) is 5.87. The molecular formula is C12H20N4O. The zero-order valence-corrected chi connectivity index (χ0v) is 10.1. The summed E-state index contributed by atoms with van der Waals surface area (Å²) in [5, 5.41) is 11.9. The summed E-state index contributed by atoms with van der Waals surface area (Å²) >= 11 is 0. The number of nitrogens with zero attached hydrogens (tertiary/aromatic N) is 2. The Balaban J connectivity index is 2.22. The Morgan fingerprint density at radius 1 is 1.59 bits per heavy atom. The highest BCUT2D eigenvalue weighted by atomic mass is 16.3. The molecule has 0 fully saturated rings. The van der Waals surface area contributed by atoms with E-state index >= 15 is 0 Å². The first-order valence-corrected chi connectivity index (χ1v) is 5.77. The molecule has 0 saturated heterocycles. The van der Waals surface area contributed by atoms with Crippen molar-refractivity contribution in [3.63, 3.8) is 0 Å². The molecule has 17 heavy (non-hydrogen) atoms. The van der Waals surface area contributed by atoms with Crippen molar-refractivity contribution < 1.29 is 5.11 Å². The smallest absolute Gasteiger partial charge is 0.188 e. The monoisotopic (exact) mass is 236 g/mol. The average Bonchev–Trinajstić information content (AvgIpc) is 2.37. The maximum Gasteiger partial charge on any atom is 0.188 e. The lowest BCUT2D eigenvalue weighted by Gasteiger charge is -2.07. The normalized spacial score (nSPS) is 13.4. The molecule has 4 N–H and O–H groups in total. The number of aliphatic hydroxyl groups is 1. The van der Waals surface area contributed by atoms with Gasteiger partial charge < -0.3 is 16.2 Å². The lowest BCUT2D eigenvalue weighted by atomic mass is 10.2. The van der Waals surface area contributed by atoms with Crippen LogP contribution in [0.2, 0.25) is 0 Å². The topological polar surface area (TPSA) is 83.5 Å². The number of aromatic nitrogens is 1. The summed E-state index contributed by atoms with van der Waals surface area (Å²) in [4.78, 5) is 8.34. The molecule has 1 aromatic heterocycles. The Labute approximate surface area is 102 Å². The predicted molar refractivity (Wildman–Crippen MR) is 68.7 cm³/mol. The van der Waals surface area contributed by atoms with E-state index in [1.165, 1.54) is 0 Å². The van der Waals surface area contributed by atoms with Gasteiger partial charge in [0.05, 0.1) is 0 Å². The number of rotatable bonds is 6. The minimum Gasteiger partial charge on any atom is -0.396 e. The SMILES string of the molecule is CC(CO)CN=C(N)NCCc1ccccn1. The second-order valence-electron chi connectivity index (χ2n) is 4.01. The van der Waals surface area contributed by atoms with Crippen molar-refractivity contribution >= 4 is 5.96 Å². The van der Waals surface area contributed by atoms with Crippen LogP contribution in [0.1, 0.15) is 12.6 Å². The fourth-order valence-corrected chi connectivity index (χ4v) is 1.23. The van der Waals surface area contributed by atoms with Crippen molar-refractivity contribution in [2.75, 3.05) is 19.7 Å². The van der Waals surface area contributed by atoms with Gasteiger partial charge in [-0.3, -0.25) is 9.98 Å². The van der Waals surface area contributed by atoms with Gasteiger partial charge in [-0.15, -0.1) is 0 Å². The third-order valence-corrected chi connectivity index (χ3v) is 2.30. The van der Waals surface area contributed by atoms with Gasteiger partial charge in [-0.2, -0.15) is 0 Å². The molecule has 0 amide bonds. The van der Waals surface area contributed by atoms with Gasteiger partial charge >= 0.3 is 0 Å². The summed E-state index contributed by atoms with van der Waals surface area (Å²) in [6.07, 6.45) is 2.59. The first-order chi connectivity index (χ1) is 8.22. The molecule has 0 aliphatic rings. The molecule has 0 aliphatic carbocycles. The fraction of sp³-hybridized carbons (Fsp3) is 0.500. The van der Waals surface area contributed by atoms with Crippen molar-refractivity contribution in [2.24, 2.45) is 16.6 Å². The molecule has 0 radical (unpaired) electrons. The molecule has 0 spiro atoms. The van der Waals surface area contributed by atoms with E-state index in [1.807, 2.05) is 25.1 Å². The van der Waals surface area contributed by atoms with Crippen LogP contribution in [0, 0.1) is 5.92 Å². The largest absolute Gasteiger partial charge is 0.396 e. The highest BCUT2D eigenvalue weighted by molar-refractivity contribution is 5.77. The van der Waals surface area contributed by atoms with Gasteiger partial charge in [0, 0.05) is 38.0 Å². The fourth-order valence-electron chi connectivity index (χ4n) is 1.23. The number of nitrogens with two attached hydrogens (primary N) is 1. The maximum absolute atomic E-state index is 8.83. The second-order valence-corrected chi connectivity index (χ2v) is 4.01. The van der Waals surface area contributed by atoms with E-state index in [1.54, 1.807) is 6.20 Å². The summed E-state index contributed by atoms with van der Waals surface area (Å²) in [7, 11) is 0. The molecule has 1 aromatic rings. The van der Waals surface area contributed by atoms with E-state index in [9.17, 15) is 0 Å². The molecule has 1 rings (SSSR count). The number of hydrogen-bond donors (Lipinski definition) is 3. The number of hydrogen-bond acceptors (Lipinski definition) is 3. The van der Waals surface area contributed by atoms with Crippen LogP contribution in [0.3, 0.4) is 0 Å². The minimum absolute atomic E-state index is 0.130. The lowest BCUT2D eigenvalue weighted by molar-refractivity contribution is 0.241. The Morgan fingerprint density at radius 2 is 2.41 bits per heavy atom. The molecular weight excluding hydrogens is 216 g/mol. The van der Waals surface area contributed by atoms with E-state index in [0.29, 0.717) is 19.0 Å². The molecule has 0 saturated carbocycles. The van der Waals surface area contributed by atoms with Crippen molar-refractivity contribution in [3.05, 3.63) is 30.1 Å². The quantitative estimate of drug-likeness (QED) is 0.485. The van der Waals surface area contributed by atoms with Crippen LogP contribution in [-0.4, -0.2) is 35.7 Å². The Hall–Kier alpha value is -1.62. The van der Waals surface area contributed by atoms with Gasteiger partial charge in [-0.25, -0.2) is 0 Å². The molecule has 1 heterocycles. The first kappa shape index (κ1) is 13.4. The van der Waals surface area contributed by atoms with Crippen molar-refractivity contribution in [1.82, 2.24) is 10.3 Å². The summed E-state index contributed by atoms with van der Waals surface area (Å²) in [5.74, 6) is 0.562. The summed E-state index contributed by atoms with van der Waals surface area (Å²) in [6.45, 7) is 3.30. The van der Waals surface area contributed by atoms with E-state index in [2.05, 4.69) is 15.3 Å².